The highest BCUT2D eigenvalue weighted by Gasteiger charge is 2.15. The fraction of sp³-hybridized carbons (Fsp3) is 0.0476. The van der Waals surface area contributed by atoms with E-state index in [9.17, 15) is 20.2 Å². The summed E-state index contributed by atoms with van der Waals surface area (Å²) in [7, 11) is 0. The maximum Gasteiger partial charge on any atom is 0.270 e. The van der Waals surface area contributed by atoms with E-state index < -0.39 is 10.8 Å². The Morgan fingerprint density at radius 3 is 2.69 bits per heavy atom. The molecule has 1 N–H and O–H groups in total. The second-order valence-corrected chi connectivity index (χ2v) is 6.47. The Labute approximate surface area is 171 Å². The summed E-state index contributed by atoms with van der Waals surface area (Å²) in [6, 6.07) is 16.1. The molecule has 1 aromatic heterocycles. The van der Waals surface area contributed by atoms with E-state index >= 15 is 0 Å². The number of hydrogen-bond donors (Lipinski definition) is 1. The van der Waals surface area contributed by atoms with Gasteiger partial charge in [0.2, 0.25) is 0 Å². The third-order valence-electron chi connectivity index (χ3n) is 4.10. The van der Waals surface area contributed by atoms with Gasteiger partial charge in [-0.05, 0) is 36.8 Å². The zero-order chi connectivity index (χ0) is 21.0. The van der Waals surface area contributed by atoms with E-state index in [1.807, 2.05) is 6.07 Å². The minimum Gasteiger partial charge on any atom is -0.457 e. The van der Waals surface area contributed by atoms with E-state index in [2.05, 4.69) is 5.32 Å². The van der Waals surface area contributed by atoms with E-state index in [1.54, 1.807) is 49.4 Å². The van der Waals surface area contributed by atoms with Crippen molar-refractivity contribution in [2.75, 3.05) is 5.32 Å². The van der Waals surface area contributed by atoms with Crippen LogP contribution in [0.2, 0.25) is 5.02 Å². The Balaban J connectivity index is 1.87. The van der Waals surface area contributed by atoms with Crippen molar-refractivity contribution in [2.45, 2.75) is 6.92 Å². The monoisotopic (exact) mass is 407 g/mol. The van der Waals surface area contributed by atoms with Gasteiger partial charge in [0, 0.05) is 23.8 Å². The second-order valence-electron chi connectivity index (χ2n) is 6.06. The Bertz CT molecular complexity index is 1170. The van der Waals surface area contributed by atoms with Gasteiger partial charge in [-0.3, -0.25) is 14.9 Å². The van der Waals surface area contributed by atoms with Gasteiger partial charge in [0.15, 0.2) is 0 Å². The number of hydrogen-bond acceptors (Lipinski definition) is 5. The van der Waals surface area contributed by atoms with Crippen LogP contribution in [0.4, 0.5) is 11.4 Å². The lowest BCUT2D eigenvalue weighted by atomic mass is 10.1. The zero-order valence-electron chi connectivity index (χ0n) is 15.2. The first-order valence-electron chi connectivity index (χ1n) is 8.42. The number of halogens is 1. The van der Waals surface area contributed by atoms with Gasteiger partial charge in [-0.1, -0.05) is 29.8 Å². The number of para-hydroxylation sites is 1. The molecular formula is C21H14ClN3O4. The average molecular weight is 408 g/mol. The molecule has 0 saturated heterocycles. The molecule has 0 unspecified atom stereocenters. The molecule has 1 heterocycles. The van der Waals surface area contributed by atoms with Crippen LogP contribution in [0.3, 0.4) is 0 Å². The van der Waals surface area contributed by atoms with Gasteiger partial charge >= 0.3 is 0 Å². The van der Waals surface area contributed by atoms with Gasteiger partial charge in [0.1, 0.15) is 23.2 Å². The molecule has 144 valence electrons. The molecule has 0 radical (unpaired) electrons. The van der Waals surface area contributed by atoms with Gasteiger partial charge in [-0.15, -0.1) is 0 Å². The number of rotatable bonds is 5. The van der Waals surface area contributed by atoms with E-state index in [4.69, 9.17) is 16.0 Å². The summed E-state index contributed by atoms with van der Waals surface area (Å²) in [5.74, 6) is 0.0168. The minimum atomic E-state index is -0.634. The average Bonchev–Trinajstić information content (AvgIpc) is 3.16. The highest BCUT2D eigenvalue weighted by Crippen LogP contribution is 2.30. The molecule has 1 amide bonds. The first kappa shape index (κ1) is 19.9. The third kappa shape index (κ3) is 4.51. The molecule has 0 aliphatic carbocycles. The van der Waals surface area contributed by atoms with E-state index in [-0.39, 0.29) is 17.0 Å². The molecule has 8 heteroatoms. The molecule has 0 aliphatic heterocycles. The zero-order valence-corrected chi connectivity index (χ0v) is 15.9. The van der Waals surface area contributed by atoms with Gasteiger partial charge in [-0.25, -0.2) is 0 Å². The SMILES string of the molecule is Cc1ccc([N+](=O)[O-])cc1-c1ccc(/C=C(\C#N)C(=O)Nc2ccccc2Cl)o1. The number of carbonyl (C=O) groups excluding carboxylic acids is 1. The van der Waals surface area contributed by atoms with Crippen LogP contribution in [0.25, 0.3) is 17.4 Å². The Morgan fingerprint density at radius 2 is 2.00 bits per heavy atom. The molecule has 0 fully saturated rings. The maximum atomic E-state index is 12.4. The Kier molecular flexibility index (Phi) is 5.77. The normalized spacial score (nSPS) is 11.0. The maximum absolute atomic E-state index is 12.4. The van der Waals surface area contributed by atoms with Crippen molar-refractivity contribution < 1.29 is 14.1 Å². The fourth-order valence-electron chi connectivity index (χ4n) is 2.61. The van der Waals surface area contributed by atoms with Crippen LogP contribution in [-0.4, -0.2) is 10.8 Å². The number of carbonyl (C=O) groups is 1. The predicted octanol–water partition coefficient (Wildman–Crippen LogP) is 5.36. The molecule has 3 aromatic rings. The van der Waals surface area contributed by atoms with Crippen molar-refractivity contribution in [2.24, 2.45) is 0 Å². The van der Waals surface area contributed by atoms with E-state index in [0.29, 0.717) is 22.0 Å². The second kappa shape index (κ2) is 8.42. The fourth-order valence-corrected chi connectivity index (χ4v) is 2.79. The molecule has 0 bridgehead atoms. The number of nitro groups is 1. The number of benzene rings is 2. The lowest BCUT2D eigenvalue weighted by Gasteiger charge is -2.05. The number of aryl methyl sites for hydroxylation is 1. The summed E-state index contributed by atoms with van der Waals surface area (Å²) in [4.78, 5) is 22.9. The summed E-state index contributed by atoms with van der Waals surface area (Å²) in [6.45, 7) is 1.80. The van der Waals surface area contributed by atoms with Crippen LogP contribution in [0.15, 0.2) is 64.6 Å². The number of nitro benzene ring substituents is 1. The summed E-state index contributed by atoms with van der Waals surface area (Å²) >= 11 is 6.01. The Hall–Kier alpha value is -3.89. The molecule has 2 aromatic carbocycles. The van der Waals surface area contributed by atoms with Crippen molar-refractivity contribution in [3.63, 3.8) is 0 Å². The molecule has 7 nitrogen and oxygen atoms in total. The highest BCUT2D eigenvalue weighted by molar-refractivity contribution is 6.34. The predicted molar refractivity (Wildman–Crippen MR) is 109 cm³/mol. The smallest absolute Gasteiger partial charge is 0.270 e. The quantitative estimate of drug-likeness (QED) is 0.265. The summed E-state index contributed by atoms with van der Waals surface area (Å²) in [5.41, 5.74) is 1.49. The van der Waals surface area contributed by atoms with Gasteiger partial charge in [0.25, 0.3) is 11.6 Å². The topological polar surface area (TPSA) is 109 Å². The van der Waals surface area contributed by atoms with Crippen molar-refractivity contribution in [3.8, 4) is 17.4 Å². The molecule has 0 aliphatic rings. The van der Waals surface area contributed by atoms with Crippen LogP contribution in [-0.2, 0) is 4.79 Å². The van der Waals surface area contributed by atoms with E-state index in [0.717, 1.165) is 5.56 Å². The van der Waals surface area contributed by atoms with Crippen LogP contribution in [0, 0.1) is 28.4 Å². The lowest BCUT2D eigenvalue weighted by molar-refractivity contribution is -0.384. The number of furan rings is 1. The largest absolute Gasteiger partial charge is 0.457 e. The van der Waals surface area contributed by atoms with Crippen LogP contribution < -0.4 is 5.32 Å². The van der Waals surface area contributed by atoms with Gasteiger partial charge in [-0.2, -0.15) is 5.26 Å². The number of amides is 1. The van der Waals surface area contributed by atoms with Gasteiger partial charge in [0.05, 0.1) is 15.6 Å². The number of anilines is 1. The Morgan fingerprint density at radius 1 is 1.24 bits per heavy atom. The lowest BCUT2D eigenvalue weighted by Crippen LogP contribution is -2.13. The molecule has 29 heavy (non-hydrogen) atoms. The number of non-ortho nitro benzene ring substituents is 1. The van der Waals surface area contributed by atoms with Crippen LogP contribution in [0.1, 0.15) is 11.3 Å². The van der Waals surface area contributed by atoms with Crippen LogP contribution >= 0.6 is 11.6 Å². The number of nitrogens with zero attached hydrogens (tertiary/aromatic N) is 2. The van der Waals surface area contributed by atoms with Crippen molar-refractivity contribution in [1.29, 1.82) is 5.26 Å². The third-order valence-corrected chi connectivity index (χ3v) is 4.43. The molecule has 0 spiro atoms. The summed E-state index contributed by atoms with van der Waals surface area (Å²) in [5, 5.41) is 23.3. The van der Waals surface area contributed by atoms with Gasteiger partial charge < -0.3 is 9.73 Å². The van der Waals surface area contributed by atoms with Crippen molar-refractivity contribution >= 4 is 35.0 Å². The van der Waals surface area contributed by atoms with E-state index in [1.165, 1.54) is 18.2 Å². The number of nitriles is 1. The van der Waals surface area contributed by atoms with Crippen LogP contribution in [0.5, 0.6) is 0 Å². The first-order valence-corrected chi connectivity index (χ1v) is 8.80. The summed E-state index contributed by atoms with van der Waals surface area (Å²) < 4.78 is 5.69. The first-order chi connectivity index (χ1) is 13.9. The standard InChI is InChI=1S/C21H14ClN3O4/c1-13-6-7-15(25(27)28)11-17(13)20-9-8-16(29-20)10-14(12-23)21(26)24-19-5-3-2-4-18(19)22/h2-11H,1H3,(H,24,26)/b14-10+. The molecule has 0 atom stereocenters. The summed E-state index contributed by atoms with van der Waals surface area (Å²) in [6.07, 6.45) is 1.29. The molecular weight excluding hydrogens is 394 g/mol. The molecule has 3 rings (SSSR count). The molecule has 0 saturated carbocycles. The highest BCUT2D eigenvalue weighted by atomic mass is 35.5. The number of nitrogens with one attached hydrogen (secondary N) is 1. The minimum absolute atomic E-state index is 0.0593. The van der Waals surface area contributed by atoms with Crippen molar-refractivity contribution in [3.05, 3.63) is 86.6 Å². The van der Waals surface area contributed by atoms with Crippen molar-refractivity contribution in [1.82, 2.24) is 0 Å².